The highest BCUT2D eigenvalue weighted by Gasteiger charge is 2.32. The molecule has 4 rings (SSSR count). The van der Waals surface area contributed by atoms with Gasteiger partial charge >= 0.3 is 0 Å². The molecule has 0 radical (unpaired) electrons. The first-order valence-electron chi connectivity index (χ1n) is 10.6. The van der Waals surface area contributed by atoms with Crippen LogP contribution in [0.15, 0.2) is 54.1 Å². The maximum absolute atomic E-state index is 13.5. The van der Waals surface area contributed by atoms with Crippen molar-refractivity contribution in [1.82, 2.24) is 4.90 Å². The molecule has 1 heterocycles. The number of allylic oxidation sites excluding steroid dienone is 4. The highest BCUT2D eigenvalue weighted by atomic mass is 16.2. The van der Waals surface area contributed by atoms with E-state index < -0.39 is 0 Å². The molecule has 2 N–H and O–H groups in total. The number of amides is 1. The van der Waals surface area contributed by atoms with Crippen molar-refractivity contribution >= 4 is 28.6 Å². The molecule has 4 heteroatoms. The fourth-order valence-electron chi connectivity index (χ4n) is 4.63. The molecule has 29 heavy (non-hydrogen) atoms. The fraction of sp³-hybridized carbons (Fsp3) is 0.360. The lowest BCUT2D eigenvalue weighted by Crippen LogP contribution is -2.47. The van der Waals surface area contributed by atoms with E-state index in [1.807, 2.05) is 42.2 Å². The van der Waals surface area contributed by atoms with Crippen LogP contribution in [0.5, 0.6) is 0 Å². The summed E-state index contributed by atoms with van der Waals surface area (Å²) in [6.45, 7) is 2.56. The average molecular weight is 388 g/mol. The Balaban J connectivity index is 1.77. The van der Waals surface area contributed by atoms with Crippen LogP contribution in [0.1, 0.15) is 54.9 Å². The molecule has 4 nitrogen and oxygen atoms in total. The molecule has 1 aliphatic carbocycles. The normalized spacial score (nSPS) is 18.2. The highest BCUT2D eigenvalue weighted by Crippen LogP contribution is 2.36. The molecule has 0 spiro atoms. The number of nitrogens with zero attached hydrogens (tertiary/aromatic N) is 1. The number of hydrogen-bond donors (Lipinski definition) is 2. The van der Waals surface area contributed by atoms with Crippen LogP contribution >= 0.6 is 0 Å². The monoisotopic (exact) mass is 387 g/mol. The van der Waals surface area contributed by atoms with Crippen molar-refractivity contribution in [3.05, 3.63) is 65.3 Å². The number of nitrogens with one attached hydrogen (secondary N) is 2. The zero-order valence-corrected chi connectivity index (χ0v) is 17.1. The molecule has 1 saturated carbocycles. The van der Waals surface area contributed by atoms with Gasteiger partial charge in [-0.05, 0) is 48.8 Å². The Morgan fingerprint density at radius 3 is 2.69 bits per heavy atom. The van der Waals surface area contributed by atoms with E-state index in [-0.39, 0.29) is 5.91 Å². The van der Waals surface area contributed by atoms with Crippen molar-refractivity contribution in [1.29, 1.82) is 5.41 Å². The third-order valence-electron chi connectivity index (χ3n) is 6.15. The number of carbonyl (C=O) groups excluding carboxylic acids is 1. The second kappa shape index (κ2) is 8.64. The van der Waals surface area contributed by atoms with Gasteiger partial charge < -0.3 is 15.6 Å². The lowest BCUT2D eigenvalue weighted by molar-refractivity contribution is 0.0641. The summed E-state index contributed by atoms with van der Waals surface area (Å²) in [5.41, 5.74) is 3.74. The first-order chi connectivity index (χ1) is 14.2. The van der Waals surface area contributed by atoms with E-state index in [1.54, 1.807) is 0 Å². The molecule has 2 aromatic rings. The molecule has 0 saturated heterocycles. The summed E-state index contributed by atoms with van der Waals surface area (Å²) < 4.78 is 0. The minimum Gasteiger partial charge on any atom is -0.366 e. The van der Waals surface area contributed by atoms with Gasteiger partial charge in [-0.1, -0.05) is 61.8 Å². The van der Waals surface area contributed by atoms with E-state index in [0.717, 1.165) is 46.0 Å². The minimum atomic E-state index is 0.145. The Labute approximate surface area is 172 Å². The first-order valence-corrected chi connectivity index (χ1v) is 10.6. The van der Waals surface area contributed by atoms with Gasteiger partial charge in [0.2, 0.25) is 0 Å². The van der Waals surface area contributed by atoms with E-state index in [1.165, 1.54) is 25.5 Å². The van der Waals surface area contributed by atoms with E-state index >= 15 is 0 Å². The summed E-state index contributed by atoms with van der Waals surface area (Å²) in [6, 6.07) is 10.7. The van der Waals surface area contributed by atoms with Gasteiger partial charge in [0.15, 0.2) is 0 Å². The van der Waals surface area contributed by atoms with E-state index in [4.69, 9.17) is 5.41 Å². The Bertz CT molecular complexity index is 983. The lowest BCUT2D eigenvalue weighted by atomic mass is 9.90. The van der Waals surface area contributed by atoms with Gasteiger partial charge in [0.05, 0.1) is 17.9 Å². The van der Waals surface area contributed by atoms with Gasteiger partial charge in [-0.25, -0.2) is 0 Å². The van der Waals surface area contributed by atoms with Crippen molar-refractivity contribution < 1.29 is 4.79 Å². The van der Waals surface area contributed by atoms with Gasteiger partial charge in [0.1, 0.15) is 0 Å². The standard InChI is InChI=1S/C25H29N3O/c1-2-3-9-18(16-26)14-19-15-23-24(22-13-8-7-12-21(19)22)27-17-28(25(23)29)20-10-5-4-6-11-20/h2-3,7-9,12-13,15-16,20,26-27H,4-6,10-11,14,17H2,1H3/b3-2+,18-9-,26-16?. The molecule has 2 aliphatic rings. The third-order valence-corrected chi connectivity index (χ3v) is 6.15. The molecule has 0 atom stereocenters. The number of fused-ring (bicyclic) bond motifs is 3. The van der Waals surface area contributed by atoms with Crippen molar-refractivity contribution in [2.45, 2.75) is 51.5 Å². The molecule has 0 bridgehead atoms. The van der Waals surface area contributed by atoms with Crippen molar-refractivity contribution in [3.8, 4) is 0 Å². The number of benzene rings is 2. The number of carbonyl (C=O) groups is 1. The van der Waals surface area contributed by atoms with Gasteiger partial charge in [0.25, 0.3) is 5.91 Å². The van der Waals surface area contributed by atoms with Gasteiger partial charge in [0, 0.05) is 17.6 Å². The van der Waals surface area contributed by atoms with Crippen LogP contribution in [0.2, 0.25) is 0 Å². The Hall–Kier alpha value is -2.88. The Kier molecular flexibility index (Phi) is 5.79. The highest BCUT2D eigenvalue weighted by molar-refractivity contribution is 6.11. The van der Waals surface area contributed by atoms with Crippen LogP contribution in [-0.4, -0.2) is 29.7 Å². The van der Waals surface area contributed by atoms with Crippen LogP contribution in [0, 0.1) is 5.41 Å². The summed E-state index contributed by atoms with van der Waals surface area (Å²) in [5.74, 6) is 0.145. The van der Waals surface area contributed by atoms with E-state index in [9.17, 15) is 4.79 Å². The van der Waals surface area contributed by atoms with E-state index in [2.05, 4.69) is 23.5 Å². The zero-order valence-electron chi connectivity index (χ0n) is 17.1. The van der Waals surface area contributed by atoms with Crippen LogP contribution in [0.25, 0.3) is 10.8 Å². The summed E-state index contributed by atoms with van der Waals surface area (Å²) in [6.07, 6.45) is 13.8. The molecular weight excluding hydrogens is 358 g/mol. The molecular formula is C25H29N3O. The molecule has 2 aromatic carbocycles. The average Bonchev–Trinajstić information content (AvgIpc) is 2.77. The molecule has 150 valence electrons. The number of hydrogen-bond acceptors (Lipinski definition) is 3. The van der Waals surface area contributed by atoms with Crippen LogP contribution in [0.4, 0.5) is 5.69 Å². The van der Waals surface area contributed by atoms with Crippen molar-refractivity contribution in [2.75, 3.05) is 12.0 Å². The molecule has 1 aliphatic heterocycles. The first kappa shape index (κ1) is 19.4. The van der Waals surface area contributed by atoms with Crippen molar-refractivity contribution in [3.63, 3.8) is 0 Å². The Morgan fingerprint density at radius 1 is 1.21 bits per heavy atom. The van der Waals surface area contributed by atoms with Gasteiger partial charge in [-0.2, -0.15) is 0 Å². The maximum atomic E-state index is 13.5. The summed E-state index contributed by atoms with van der Waals surface area (Å²) in [4.78, 5) is 15.5. The van der Waals surface area contributed by atoms with Crippen LogP contribution < -0.4 is 5.32 Å². The second-order valence-corrected chi connectivity index (χ2v) is 7.99. The topological polar surface area (TPSA) is 56.2 Å². The molecule has 1 fully saturated rings. The Morgan fingerprint density at radius 2 is 1.97 bits per heavy atom. The van der Waals surface area contributed by atoms with Gasteiger partial charge in [-0.3, -0.25) is 4.79 Å². The number of anilines is 1. The lowest BCUT2D eigenvalue weighted by Gasteiger charge is -2.38. The summed E-state index contributed by atoms with van der Waals surface area (Å²) in [7, 11) is 0. The fourth-order valence-corrected chi connectivity index (χ4v) is 4.63. The largest absolute Gasteiger partial charge is 0.366 e. The van der Waals surface area contributed by atoms with Crippen LogP contribution in [-0.2, 0) is 6.42 Å². The van der Waals surface area contributed by atoms with Gasteiger partial charge in [-0.15, -0.1) is 0 Å². The molecule has 0 unspecified atom stereocenters. The van der Waals surface area contributed by atoms with Crippen LogP contribution in [0.3, 0.4) is 0 Å². The molecule has 0 aromatic heterocycles. The number of rotatable bonds is 5. The summed E-state index contributed by atoms with van der Waals surface area (Å²) in [5, 5.41) is 13.6. The minimum absolute atomic E-state index is 0.145. The quantitative estimate of drug-likeness (QED) is 0.511. The molecule has 1 amide bonds. The smallest absolute Gasteiger partial charge is 0.257 e. The maximum Gasteiger partial charge on any atom is 0.257 e. The van der Waals surface area contributed by atoms with E-state index in [0.29, 0.717) is 19.1 Å². The van der Waals surface area contributed by atoms with Crippen molar-refractivity contribution in [2.24, 2.45) is 0 Å². The third kappa shape index (κ3) is 3.84. The predicted octanol–water partition coefficient (Wildman–Crippen LogP) is 5.69. The zero-order chi connectivity index (χ0) is 20.2. The SMILES string of the molecule is C/C=C/C=C(\C=N)Cc1cc2c(c3ccccc13)NCN(C1CCCCC1)C2=O. The predicted molar refractivity (Wildman–Crippen MR) is 121 cm³/mol. The second-order valence-electron chi connectivity index (χ2n) is 7.99. The summed E-state index contributed by atoms with van der Waals surface area (Å²) >= 11 is 0.